The zero-order valence-electron chi connectivity index (χ0n) is 8.90. The highest BCUT2D eigenvalue weighted by Gasteiger charge is 2.26. The molecule has 0 aliphatic carbocycles. The highest BCUT2D eigenvalue weighted by Crippen LogP contribution is 2.14. The van der Waals surface area contributed by atoms with E-state index in [9.17, 15) is 4.79 Å². The van der Waals surface area contributed by atoms with Crippen LogP contribution >= 0.6 is 28.1 Å². The van der Waals surface area contributed by atoms with Gasteiger partial charge in [0.25, 0.3) is 0 Å². The van der Waals surface area contributed by atoms with Crippen molar-refractivity contribution in [3.05, 3.63) is 28.7 Å². The number of esters is 1. The summed E-state index contributed by atoms with van der Waals surface area (Å²) >= 11 is 8.47. The van der Waals surface area contributed by atoms with Crippen LogP contribution in [0.1, 0.15) is 6.42 Å². The third-order valence-corrected chi connectivity index (χ3v) is 3.09. The first-order valence-electron chi connectivity index (χ1n) is 5.15. The van der Waals surface area contributed by atoms with Crippen molar-refractivity contribution in [3.63, 3.8) is 0 Å². The molecular formula is C11H11BrN2O2S. The topological polar surface area (TPSA) is 50.4 Å². The minimum atomic E-state index is -0.328. The first-order valence-corrected chi connectivity index (χ1v) is 6.35. The van der Waals surface area contributed by atoms with Gasteiger partial charge in [0.2, 0.25) is 0 Å². The van der Waals surface area contributed by atoms with Gasteiger partial charge in [0, 0.05) is 16.6 Å². The number of rotatable bonds is 2. The second-order valence-corrected chi connectivity index (χ2v) is 4.94. The fourth-order valence-electron chi connectivity index (χ4n) is 1.49. The van der Waals surface area contributed by atoms with Crippen LogP contribution in [0.25, 0.3) is 0 Å². The Bertz CT molecular complexity index is 436. The lowest BCUT2D eigenvalue weighted by Gasteiger charge is -2.13. The second-order valence-electron chi connectivity index (χ2n) is 3.61. The maximum absolute atomic E-state index is 11.2. The van der Waals surface area contributed by atoms with Gasteiger partial charge in [-0.05, 0) is 36.5 Å². The third-order valence-electron chi connectivity index (χ3n) is 2.34. The van der Waals surface area contributed by atoms with E-state index in [2.05, 4.69) is 26.6 Å². The van der Waals surface area contributed by atoms with Crippen molar-refractivity contribution in [1.82, 2.24) is 5.32 Å². The highest BCUT2D eigenvalue weighted by molar-refractivity contribution is 9.10. The van der Waals surface area contributed by atoms with Crippen LogP contribution in [-0.2, 0) is 9.53 Å². The van der Waals surface area contributed by atoms with Crippen LogP contribution in [0, 0.1) is 0 Å². The van der Waals surface area contributed by atoms with Crippen molar-refractivity contribution < 1.29 is 9.53 Å². The van der Waals surface area contributed by atoms with Crippen molar-refractivity contribution in [2.45, 2.75) is 12.5 Å². The standard InChI is InChI=1S/C11H11BrN2O2S/c12-7-1-3-8(4-2-7)13-11(17)14-9-5-6-16-10(9)15/h1-4,9H,5-6H2,(H2,13,14,17). The molecule has 2 rings (SSSR count). The minimum Gasteiger partial charge on any atom is -0.464 e. The van der Waals surface area contributed by atoms with Gasteiger partial charge in [0.15, 0.2) is 5.11 Å². The van der Waals surface area contributed by atoms with E-state index in [4.69, 9.17) is 17.0 Å². The van der Waals surface area contributed by atoms with E-state index in [0.717, 1.165) is 10.2 Å². The molecule has 0 radical (unpaired) electrons. The molecule has 1 aromatic carbocycles. The van der Waals surface area contributed by atoms with E-state index in [-0.39, 0.29) is 12.0 Å². The molecule has 0 amide bonds. The molecule has 1 aromatic rings. The second kappa shape index (κ2) is 5.46. The lowest BCUT2D eigenvalue weighted by molar-refractivity contribution is -0.139. The molecule has 1 fully saturated rings. The number of ether oxygens (including phenoxy) is 1. The fourth-order valence-corrected chi connectivity index (χ4v) is 2.01. The summed E-state index contributed by atoms with van der Waals surface area (Å²) in [5.41, 5.74) is 0.872. The Morgan fingerprint density at radius 1 is 1.41 bits per heavy atom. The van der Waals surface area contributed by atoms with Crippen LogP contribution in [0.4, 0.5) is 5.69 Å². The molecule has 2 N–H and O–H groups in total. The molecule has 0 saturated carbocycles. The monoisotopic (exact) mass is 314 g/mol. The SMILES string of the molecule is O=C1OCCC1NC(=S)Nc1ccc(Br)cc1. The molecule has 4 nitrogen and oxygen atoms in total. The Labute approximate surface area is 113 Å². The normalized spacial score (nSPS) is 18.6. The van der Waals surface area contributed by atoms with Crippen LogP contribution in [0.2, 0.25) is 0 Å². The maximum Gasteiger partial charge on any atom is 0.328 e. The van der Waals surface area contributed by atoms with Crippen molar-refractivity contribution in [3.8, 4) is 0 Å². The molecule has 1 aliphatic rings. The highest BCUT2D eigenvalue weighted by atomic mass is 79.9. The van der Waals surface area contributed by atoms with Gasteiger partial charge >= 0.3 is 5.97 Å². The molecule has 90 valence electrons. The van der Waals surface area contributed by atoms with Crippen LogP contribution in [-0.4, -0.2) is 23.7 Å². The molecule has 1 saturated heterocycles. The van der Waals surface area contributed by atoms with E-state index in [1.54, 1.807) is 0 Å². The van der Waals surface area contributed by atoms with Crippen molar-refractivity contribution in [1.29, 1.82) is 0 Å². The third kappa shape index (κ3) is 3.41. The smallest absolute Gasteiger partial charge is 0.328 e. The summed E-state index contributed by atoms with van der Waals surface area (Å²) < 4.78 is 5.84. The number of cyclic esters (lactones) is 1. The van der Waals surface area contributed by atoms with E-state index in [1.165, 1.54) is 0 Å². The molecule has 0 aromatic heterocycles. The first kappa shape index (κ1) is 12.3. The summed E-state index contributed by atoms with van der Waals surface area (Å²) in [6.45, 7) is 0.456. The Morgan fingerprint density at radius 2 is 2.12 bits per heavy atom. The van der Waals surface area contributed by atoms with Gasteiger partial charge in [-0.15, -0.1) is 0 Å². The van der Waals surface area contributed by atoms with Crippen molar-refractivity contribution in [2.75, 3.05) is 11.9 Å². The summed E-state index contributed by atoms with van der Waals surface area (Å²) in [4.78, 5) is 11.2. The number of carbonyl (C=O) groups is 1. The van der Waals surface area contributed by atoms with Gasteiger partial charge in [0.05, 0.1) is 6.61 Å². The van der Waals surface area contributed by atoms with Gasteiger partial charge in [-0.1, -0.05) is 15.9 Å². The van der Waals surface area contributed by atoms with Gasteiger partial charge in [0.1, 0.15) is 6.04 Å². The van der Waals surface area contributed by atoms with Gasteiger partial charge in [-0.2, -0.15) is 0 Å². The maximum atomic E-state index is 11.2. The van der Waals surface area contributed by atoms with Crippen LogP contribution in [0.15, 0.2) is 28.7 Å². The van der Waals surface area contributed by atoms with Gasteiger partial charge in [-0.25, -0.2) is 4.79 Å². The van der Waals surface area contributed by atoms with Gasteiger partial charge < -0.3 is 15.4 Å². The van der Waals surface area contributed by atoms with Gasteiger partial charge in [-0.3, -0.25) is 0 Å². The lowest BCUT2D eigenvalue weighted by Crippen LogP contribution is -2.40. The first-order chi connectivity index (χ1) is 8.15. The molecule has 1 heterocycles. The average Bonchev–Trinajstić information content (AvgIpc) is 2.68. The quantitative estimate of drug-likeness (QED) is 0.646. The van der Waals surface area contributed by atoms with Crippen LogP contribution in [0.3, 0.4) is 0 Å². The molecule has 1 atom stereocenters. The molecule has 1 unspecified atom stereocenters. The van der Waals surface area contributed by atoms with Crippen molar-refractivity contribution >= 4 is 44.9 Å². The van der Waals surface area contributed by atoms with E-state index < -0.39 is 0 Å². The summed E-state index contributed by atoms with van der Waals surface area (Å²) in [6.07, 6.45) is 0.654. The van der Waals surface area contributed by atoms with Crippen molar-refractivity contribution in [2.24, 2.45) is 0 Å². The Balaban J connectivity index is 1.88. The zero-order chi connectivity index (χ0) is 12.3. The van der Waals surface area contributed by atoms with E-state index in [1.807, 2.05) is 24.3 Å². The molecule has 0 spiro atoms. The molecular weight excluding hydrogens is 304 g/mol. The Morgan fingerprint density at radius 3 is 2.71 bits per heavy atom. The predicted molar refractivity (Wildman–Crippen MR) is 72.9 cm³/mol. The molecule has 1 aliphatic heterocycles. The number of benzene rings is 1. The Hall–Kier alpha value is -1.14. The number of hydrogen-bond acceptors (Lipinski definition) is 3. The molecule has 17 heavy (non-hydrogen) atoms. The average molecular weight is 315 g/mol. The zero-order valence-corrected chi connectivity index (χ0v) is 11.3. The number of thiocarbonyl (C=S) groups is 1. The summed E-state index contributed by atoms with van der Waals surface area (Å²) in [6, 6.07) is 7.28. The molecule has 0 bridgehead atoms. The van der Waals surface area contributed by atoms with E-state index >= 15 is 0 Å². The number of halogens is 1. The van der Waals surface area contributed by atoms with E-state index in [0.29, 0.717) is 18.1 Å². The van der Waals surface area contributed by atoms with Crippen LogP contribution in [0.5, 0.6) is 0 Å². The van der Waals surface area contributed by atoms with Crippen LogP contribution < -0.4 is 10.6 Å². The largest absolute Gasteiger partial charge is 0.464 e. The number of hydrogen-bond donors (Lipinski definition) is 2. The fraction of sp³-hybridized carbons (Fsp3) is 0.273. The number of carbonyl (C=O) groups excluding carboxylic acids is 1. The lowest BCUT2D eigenvalue weighted by atomic mass is 10.2. The predicted octanol–water partition coefficient (Wildman–Crippen LogP) is 2.05. The minimum absolute atomic E-state index is 0.245. The number of nitrogens with one attached hydrogen (secondary N) is 2. The molecule has 6 heteroatoms. The summed E-state index contributed by atoms with van der Waals surface area (Å²) in [5, 5.41) is 6.36. The summed E-state index contributed by atoms with van der Waals surface area (Å²) in [7, 11) is 0. The number of anilines is 1. The summed E-state index contributed by atoms with van der Waals surface area (Å²) in [5.74, 6) is -0.245. The Kier molecular flexibility index (Phi) is 3.96.